The number of rotatable bonds is 6. The molecule has 1 saturated heterocycles. The molecule has 33 heavy (non-hydrogen) atoms. The van der Waals surface area contributed by atoms with Gasteiger partial charge in [-0.1, -0.05) is 23.7 Å². The summed E-state index contributed by atoms with van der Waals surface area (Å²) in [7, 11) is 0. The minimum Gasteiger partial charge on any atom is -0.379 e. The van der Waals surface area contributed by atoms with Gasteiger partial charge >= 0.3 is 0 Å². The predicted octanol–water partition coefficient (Wildman–Crippen LogP) is 3.52. The Morgan fingerprint density at radius 3 is 2.45 bits per heavy atom. The van der Waals surface area contributed by atoms with Crippen LogP contribution in [0.2, 0.25) is 5.02 Å². The lowest BCUT2D eigenvalue weighted by Crippen LogP contribution is -2.42. The van der Waals surface area contributed by atoms with Gasteiger partial charge in [-0.15, -0.1) is 0 Å². The molecule has 2 aliphatic rings. The molecule has 9 nitrogen and oxygen atoms in total. The summed E-state index contributed by atoms with van der Waals surface area (Å²) >= 11 is 6.06. The maximum absolute atomic E-state index is 13.4. The van der Waals surface area contributed by atoms with Crippen molar-refractivity contribution in [2.24, 2.45) is 0 Å². The van der Waals surface area contributed by atoms with E-state index in [4.69, 9.17) is 16.3 Å². The Bertz CT molecular complexity index is 1170. The van der Waals surface area contributed by atoms with Crippen molar-refractivity contribution in [2.75, 3.05) is 39.4 Å². The van der Waals surface area contributed by atoms with Crippen molar-refractivity contribution in [3.05, 3.63) is 80.5 Å². The quantitative estimate of drug-likeness (QED) is 0.439. The lowest BCUT2D eigenvalue weighted by atomic mass is 9.96. The van der Waals surface area contributed by atoms with Crippen molar-refractivity contribution in [3.63, 3.8) is 0 Å². The molecule has 0 spiro atoms. The van der Waals surface area contributed by atoms with Crippen molar-refractivity contribution in [2.45, 2.75) is 6.04 Å². The third kappa shape index (κ3) is 4.10. The third-order valence-corrected chi connectivity index (χ3v) is 6.41. The second-order valence-corrected chi connectivity index (χ2v) is 8.51. The molecule has 10 heteroatoms. The number of amides is 1. The second-order valence-electron chi connectivity index (χ2n) is 8.07. The van der Waals surface area contributed by atoms with E-state index in [-0.39, 0.29) is 11.6 Å². The van der Waals surface area contributed by atoms with Gasteiger partial charge in [-0.3, -0.25) is 24.9 Å². The number of carbonyl (C=O) groups excluding carboxylic acids is 1. The highest BCUT2D eigenvalue weighted by Gasteiger charge is 2.42. The standard InChI is InChI=1S/C23H22ClN5O4/c24-17-5-1-15(2-6-17)20-19-21(26-25-20)23(30)28(10-9-27-11-13-33-14-12-27)22(19)16-3-7-18(8-4-16)29(31)32/h1-8,22H,9-14H2,(H,25,26). The molecule has 1 fully saturated rings. The lowest BCUT2D eigenvalue weighted by molar-refractivity contribution is -0.384. The number of nitro benzene ring substituents is 1. The molecule has 0 aliphatic carbocycles. The molecule has 1 atom stereocenters. The number of carbonyl (C=O) groups is 1. The first-order valence-electron chi connectivity index (χ1n) is 10.7. The molecular weight excluding hydrogens is 446 g/mol. The normalized spacial score (nSPS) is 18.5. The largest absolute Gasteiger partial charge is 0.379 e. The number of halogens is 1. The molecule has 2 aliphatic heterocycles. The molecule has 5 rings (SSSR count). The maximum atomic E-state index is 13.4. The average molecular weight is 468 g/mol. The monoisotopic (exact) mass is 467 g/mol. The molecular formula is C23H22ClN5O4. The zero-order valence-corrected chi connectivity index (χ0v) is 18.5. The highest BCUT2D eigenvalue weighted by molar-refractivity contribution is 6.30. The number of nitro groups is 1. The van der Waals surface area contributed by atoms with Gasteiger partial charge in [0, 0.05) is 54.5 Å². The van der Waals surface area contributed by atoms with Crippen LogP contribution in [0.5, 0.6) is 0 Å². The predicted molar refractivity (Wildman–Crippen MR) is 122 cm³/mol. The Hall–Kier alpha value is -3.27. The van der Waals surface area contributed by atoms with Gasteiger partial charge in [0.05, 0.1) is 29.9 Å². The lowest BCUT2D eigenvalue weighted by Gasteiger charge is -2.31. The van der Waals surface area contributed by atoms with E-state index < -0.39 is 11.0 Å². The SMILES string of the molecule is O=C1c2[nH]nc(-c3ccc(Cl)cc3)c2C(c2ccc([N+](=O)[O-])cc2)N1CCN1CCOCC1. The summed E-state index contributed by atoms with van der Waals surface area (Å²) in [4.78, 5) is 28.2. The zero-order chi connectivity index (χ0) is 22.9. The highest BCUT2D eigenvalue weighted by Crippen LogP contribution is 2.43. The number of nitrogens with zero attached hydrogens (tertiary/aromatic N) is 4. The molecule has 2 aromatic carbocycles. The molecule has 3 aromatic rings. The smallest absolute Gasteiger partial charge is 0.273 e. The number of aromatic amines is 1. The molecule has 0 bridgehead atoms. The van der Waals surface area contributed by atoms with Gasteiger partial charge in [0.25, 0.3) is 11.6 Å². The van der Waals surface area contributed by atoms with Crippen molar-refractivity contribution >= 4 is 23.2 Å². The number of H-pyrrole nitrogens is 1. The number of non-ortho nitro benzene ring substituents is 1. The van der Waals surface area contributed by atoms with Gasteiger partial charge in [-0.25, -0.2) is 0 Å². The molecule has 0 saturated carbocycles. The topological polar surface area (TPSA) is 105 Å². The summed E-state index contributed by atoms with van der Waals surface area (Å²) in [6.45, 7) is 4.25. The van der Waals surface area contributed by atoms with Gasteiger partial charge in [-0.05, 0) is 29.8 Å². The Morgan fingerprint density at radius 1 is 1.09 bits per heavy atom. The molecule has 3 heterocycles. The second kappa shape index (κ2) is 8.93. The summed E-state index contributed by atoms with van der Waals surface area (Å²) in [5, 5.41) is 19.1. The van der Waals surface area contributed by atoms with Gasteiger partial charge in [0.1, 0.15) is 5.69 Å². The van der Waals surface area contributed by atoms with Crippen LogP contribution in [0.15, 0.2) is 48.5 Å². The third-order valence-electron chi connectivity index (χ3n) is 6.16. The first kappa shape index (κ1) is 21.6. The van der Waals surface area contributed by atoms with Crippen LogP contribution in [0.1, 0.15) is 27.7 Å². The summed E-state index contributed by atoms with van der Waals surface area (Å²) in [6, 6.07) is 13.3. The van der Waals surface area contributed by atoms with E-state index in [9.17, 15) is 14.9 Å². The number of ether oxygens (including phenoxy) is 1. The van der Waals surface area contributed by atoms with E-state index in [1.807, 2.05) is 17.0 Å². The first-order valence-corrected chi connectivity index (χ1v) is 11.1. The number of hydrogen-bond donors (Lipinski definition) is 1. The number of fused-ring (bicyclic) bond motifs is 1. The van der Waals surface area contributed by atoms with Crippen LogP contribution in [0.3, 0.4) is 0 Å². The highest BCUT2D eigenvalue weighted by atomic mass is 35.5. The number of morpholine rings is 1. The zero-order valence-electron chi connectivity index (χ0n) is 17.7. The van der Waals surface area contributed by atoms with Crippen LogP contribution in [-0.2, 0) is 4.74 Å². The fourth-order valence-corrected chi connectivity index (χ4v) is 4.58. The fourth-order valence-electron chi connectivity index (χ4n) is 4.45. The molecule has 1 amide bonds. The molecule has 170 valence electrons. The van der Waals surface area contributed by atoms with Crippen LogP contribution in [0.4, 0.5) is 5.69 Å². The fraction of sp³-hybridized carbons (Fsp3) is 0.304. The minimum absolute atomic E-state index is 0.00767. The first-order chi connectivity index (χ1) is 16.0. The van der Waals surface area contributed by atoms with E-state index >= 15 is 0 Å². The van der Waals surface area contributed by atoms with Crippen molar-refractivity contribution in [1.29, 1.82) is 0 Å². The number of hydrogen-bond acceptors (Lipinski definition) is 6. The Morgan fingerprint density at radius 2 is 1.79 bits per heavy atom. The summed E-state index contributed by atoms with van der Waals surface area (Å²) < 4.78 is 5.43. The van der Waals surface area contributed by atoms with Crippen molar-refractivity contribution in [3.8, 4) is 11.3 Å². The van der Waals surface area contributed by atoms with Crippen LogP contribution in [0, 0.1) is 10.1 Å². The molecule has 1 unspecified atom stereocenters. The van der Waals surface area contributed by atoms with Gasteiger partial charge < -0.3 is 9.64 Å². The molecule has 0 radical (unpaired) electrons. The Labute approximate surface area is 195 Å². The molecule has 1 aromatic heterocycles. The van der Waals surface area contributed by atoms with Crippen LogP contribution in [0.25, 0.3) is 11.3 Å². The van der Waals surface area contributed by atoms with Crippen molar-refractivity contribution in [1.82, 2.24) is 20.0 Å². The Kier molecular flexibility index (Phi) is 5.84. The summed E-state index contributed by atoms with van der Waals surface area (Å²) in [5.74, 6) is -0.130. The van der Waals surface area contributed by atoms with E-state index in [1.165, 1.54) is 12.1 Å². The summed E-state index contributed by atoms with van der Waals surface area (Å²) in [6.07, 6.45) is 0. The van der Waals surface area contributed by atoms with Crippen molar-refractivity contribution < 1.29 is 14.5 Å². The van der Waals surface area contributed by atoms with Gasteiger partial charge in [-0.2, -0.15) is 5.10 Å². The maximum Gasteiger partial charge on any atom is 0.273 e. The van der Waals surface area contributed by atoms with E-state index in [1.54, 1.807) is 24.3 Å². The minimum atomic E-state index is -0.428. The van der Waals surface area contributed by atoms with E-state index in [0.29, 0.717) is 42.7 Å². The summed E-state index contributed by atoms with van der Waals surface area (Å²) in [5.41, 5.74) is 3.54. The van der Waals surface area contributed by atoms with Gasteiger partial charge in [0.2, 0.25) is 0 Å². The van der Waals surface area contributed by atoms with Crippen LogP contribution >= 0.6 is 11.6 Å². The van der Waals surface area contributed by atoms with Gasteiger partial charge in [0.15, 0.2) is 0 Å². The van der Waals surface area contributed by atoms with E-state index in [2.05, 4.69) is 15.1 Å². The number of aromatic nitrogens is 2. The Balaban J connectivity index is 1.53. The number of benzene rings is 2. The molecule has 1 N–H and O–H groups in total. The van der Waals surface area contributed by atoms with Crippen LogP contribution in [-0.4, -0.2) is 70.2 Å². The van der Waals surface area contributed by atoms with E-state index in [0.717, 1.165) is 29.8 Å². The van der Waals surface area contributed by atoms with Crippen LogP contribution < -0.4 is 0 Å². The average Bonchev–Trinajstić information content (AvgIpc) is 3.38. The number of nitrogens with one attached hydrogen (secondary N) is 1.